The van der Waals surface area contributed by atoms with Crippen LogP contribution in [0, 0.1) is 6.92 Å². The van der Waals surface area contributed by atoms with Crippen molar-refractivity contribution in [2.75, 3.05) is 30.0 Å². The minimum Gasteiger partial charge on any atom is -0.495 e. The van der Waals surface area contributed by atoms with E-state index in [4.69, 9.17) is 4.74 Å². The molecular formula is C29H36F3N5O3S. The van der Waals surface area contributed by atoms with E-state index in [-0.39, 0.29) is 24.5 Å². The molecule has 2 N–H and O–H groups in total. The molecule has 1 heterocycles. The minimum atomic E-state index is -4.65. The fourth-order valence-electron chi connectivity index (χ4n) is 4.98. The average Bonchev–Trinajstić information content (AvgIpc) is 3.44. The summed E-state index contributed by atoms with van der Waals surface area (Å²) in [6.45, 7) is 2.51. The van der Waals surface area contributed by atoms with Gasteiger partial charge in [-0.05, 0) is 67.5 Å². The Labute approximate surface area is 239 Å². The second-order valence-electron chi connectivity index (χ2n) is 10.4. The number of alkyl halides is 3. The lowest BCUT2D eigenvalue weighted by molar-refractivity contribution is -0.138. The molecule has 0 spiro atoms. The van der Waals surface area contributed by atoms with E-state index >= 15 is 0 Å². The summed E-state index contributed by atoms with van der Waals surface area (Å²) in [5.74, 6) is 0.523. The van der Waals surface area contributed by atoms with Crippen molar-refractivity contribution < 1.29 is 26.3 Å². The third-order valence-electron chi connectivity index (χ3n) is 7.34. The predicted molar refractivity (Wildman–Crippen MR) is 154 cm³/mol. The first kappa shape index (κ1) is 30.6. The molecule has 2 aromatic carbocycles. The largest absolute Gasteiger partial charge is 0.495 e. The molecule has 0 amide bonds. The highest BCUT2D eigenvalue weighted by Crippen LogP contribution is 2.34. The smallest absolute Gasteiger partial charge is 0.419 e. The molecule has 4 rings (SSSR count). The molecule has 1 fully saturated rings. The van der Waals surface area contributed by atoms with Gasteiger partial charge in [-0.25, -0.2) is 18.4 Å². The minimum absolute atomic E-state index is 0.000476. The molecule has 0 atom stereocenters. The maximum Gasteiger partial charge on any atom is 0.419 e. The number of sulfonamides is 1. The van der Waals surface area contributed by atoms with Crippen LogP contribution in [0.25, 0.3) is 0 Å². The highest BCUT2D eigenvalue weighted by Gasteiger charge is 2.35. The fourth-order valence-corrected chi connectivity index (χ4v) is 5.50. The number of rotatable bonds is 11. The van der Waals surface area contributed by atoms with Crippen LogP contribution in [0.2, 0.25) is 0 Å². The Hall–Kier alpha value is -3.38. The first-order valence-electron chi connectivity index (χ1n) is 13.5. The van der Waals surface area contributed by atoms with Crippen molar-refractivity contribution in [3.05, 3.63) is 70.5 Å². The first-order valence-corrected chi connectivity index (χ1v) is 15.3. The first-order chi connectivity index (χ1) is 19.3. The molecule has 0 bridgehead atoms. The van der Waals surface area contributed by atoms with E-state index < -0.39 is 21.8 Å². The number of hydrogen-bond acceptors (Lipinski definition) is 7. The molecule has 1 saturated carbocycles. The number of methoxy groups -OCH3 is 1. The van der Waals surface area contributed by atoms with Gasteiger partial charge in [-0.3, -0.25) is 4.31 Å². The summed E-state index contributed by atoms with van der Waals surface area (Å²) >= 11 is 0. The molecule has 1 aliphatic carbocycles. The van der Waals surface area contributed by atoms with E-state index in [9.17, 15) is 21.6 Å². The number of hydrogen-bond donors (Lipinski definition) is 2. The summed E-state index contributed by atoms with van der Waals surface area (Å²) in [6.07, 6.45) is 2.08. The predicted octanol–water partition coefficient (Wildman–Crippen LogP) is 5.77. The average molecular weight is 592 g/mol. The molecule has 3 aromatic rings. The van der Waals surface area contributed by atoms with Gasteiger partial charge in [0.25, 0.3) is 0 Å². The standard InChI is InChI=1S/C29H36F3N5O3S/c1-19-9-11-21(26(15-19)37(2)41(4,38)39)12-14-24-23(29(30,31)32)18-34-28(35-24)36-25-13-10-20(16-27(25)40-3)17-33-22-7-5-6-8-22/h9-11,13,15-16,18,22,33H,5-8,12,14,17H2,1-4H3,(H,34,35,36). The van der Waals surface area contributed by atoms with Gasteiger partial charge in [0.05, 0.1) is 36.0 Å². The number of anilines is 3. The number of nitrogens with zero attached hydrogens (tertiary/aromatic N) is 3. The van der Waals surface area contributed by atoms with Gasteiger partial charge in [0.15, 0.2) is 0 Å². The third-order valence-corrected chi connectivity index (χ3v) is 8.54. The van der Waals surface area contributed by atoms with Crippen LogP contribution in [0.5, 0.6) is 5.75 Å². The Morgan fingerprint density at radius 1 is 1.10 bits per heavy atom. The van der Waals surface area contributed by atoms with Crippen LogP contribution in [0.15, 0.2) is 42.6 Å². The summed E-state index contributed by atoms with van der Waals surface area (Å²) in [5.41, 5.74) is 2.26. The van der Waals surface area contributed by atoms with E-state index in [0.29, 0.717) is 35.3 Å². The number of halogens is 3. The molecular weight excluding hydrogens is 555 g/mol. The number of aromatic nitrogens is 2. The zero-order valence-electron chi connectivity index (χ0n) is 23.7. The molecule has 1 aromatic heterocycles. The summed E-state index contributed by atoms with van der Waals surface area (Å²) in [6, 6.07) is 11.3. The lowest BCUT2D eigenvalue weighted by Crippen LogP contribution is -2.26. The molecule has 41 heavy (non-hydrogen) atoms. The Morgan fingerprint density at radius 2 is 1.83 bits per heavy atom. The Morgan fingerprint density at radius 3 is 2.49 bits per heavy atom. The third kappa shape index (κ3) is 7.88. The molecule has 0 saturated heterocycles. The van der Waals surface area contributed by atoms with E-state index in [1.807, 2.05) is 19.1 Å². The van der Waals surface area contributed by atoms with E-state index in [1.165, 1.54) is 39.8 Å². The summed E-state index contributed by atoms with van der Waals surface area (Å²) < 4.78 is 72.7. The Bertz CT molecular complexity index is 1480. The summed E-state index contributed by atoms with van der Waals surface area (Å²) in [4.78, 5) is 8.17. The molecule has 1 aliphatic rings. The van der Waals surface area contributed by atoms with Gasteiger partial charge in [0, 0.05) is 25.8 Å². The van der Waals surface area contributed by atoms with Gasteiger partial charge >= 0.3 is 6.18 Å². The van der Waals surface area contributed by atoms with Gasteiger partial charge in [-0.15, -0.1) is 0 Å². The molecule has 0 radical (unpaired) electrons. The Kier molecular flexibility index (Phi) is 9.43. The van der Waals surface area contributed by atoms with E-state index in [2.05, 4.69) is 20.6 Å². The van der Waals surface area contributed by atoms with Gasteiger partial charge in [0.1, 0.15) is 5.75 Å². The van der Waals surface area contributed by atoms with Crippen molar-refractivity contribution in [3.63, 3.8) is 0 Å². The van der Waals surface area contributed by atoms with Gasteiger partial charge in [0.2, 0.25) is 16.0 Å². The van der Waals surface area contributed by atoms with Crippen LogP contribution >= 0.6 is 0 Å². The second kappa shape index (κ2) is 12.6. The fraction of sp³-hybridized carbons (Fsp3) is 0.448. The van der Waals surface area contributed by atoms with Crippen molar-refractivity contribution in [3.8, 4) is 5.75 Å². The quantitative estimate of drug-likeness (QED) is 0.292. The van der Waals surface area contributed by atoms with Crippen LogP contribution in [-0.4, -0.2) is 44.8 Å². The van der Waals surface area contributed by atoms with Gasteiger partial charge in [-0.1, -0.05) is 31.0 Å². The van der Waals surface area contributed by atoms with Crippen molar-refractivity contribution >= 4 is 27.3 Å². The number of aryl methyl sites for hydroxylation is 3. The van der Waals surface area contributed by atoms with Crippen molar-refractivity contribution in [1.82, 2.24) is 15.3 Å². The molecule has 222 valence electrons. The van der Waals surface area contributed by atoms with Crippen molar-refractivity contribution in [1.29, 1.82) is 0 Å². The van der Waals surface area contributed by atoms with Gasteiger partial charge in [-0.2, -0.15) is 13.2 Å². The molecule has 12 heteroatoms. The van der Waals surface area contributed by atoms with E-state index in [0.717, 1.165) is 27.9 Å². The normalized spacial score (nSPS) is 14.3. The zero-order chi connectivity index (χ0) is 29.8. The van der Waals surface area contributed by atoms with Crippen LogP contribution in [0.3, 0.4) is 0 Å². The van der Waals surface area contributed by atoms with Crippen LogP contribution in [-0.2, 0) is 35.6 Å². The highest BCUT2D eigenvalue weighted by molar-refractivity contribution is 7.92. The van der Waals surface area contributed by atoms with Gasteiger partial charge < -0.3 is 15.4 Å². The van der Waals surface area contributed by atoms with Crippen molar-refractivity contribution in [2.24, 2.45) is 0 Å². The number of nitrogens with one attached hydrogen (secondary N) is 2. The lowest BCUT2D eigenvalue weighted by atomic mass is 10.0. The maximum absolute atomic E-state index is 13.9. The topological polar surface area (TPSA) is 96.5 Å². The second-order valence-corrected chi connectivity index (χ2v) is 12.5. The summed E-state index contributed by atoms with van der Waals surface area (Å²) in [7, 11) is -0.617. The molecule has 0 aliphatic heterocycles. The zero-order valence-corrected chi connectivity index (χ0v) is 24.5. The van der Waals surface area contributed by atoms with E-state index in [1.54, 1.807) is 24.3 Å². The summed E-state index contributed by atoms with van der Waals surface area (Å²) in [5, 5.41) is 6.55. The monoisotopic (exact) mass is 591 g/mol. The molecule has 0 unspecified atom stereocenters. The highest BCUT2D eigenvalue weighted by atomic mass is 32.2. The van der Waals surface area contributed by atoms with Crippen molar-refractivity contribution in [2.45, 2.75) is 64.2 Å². The maximum atomic E-state index is 13.9. The number of ether oxygens (including phenoxy) is 1. The SMILES string of the molecule is COc1cc(CNC2CCCC2)ccc1Nc1ncc(C(F)(F)F)c(CCc2ccc(C)cc2N(C)S(C)(=O)=O)n1. The molecule has 8 nitrogen and oxygen atoms in total. The number of benzene rings is 2. The van der Waals surface area contributed by atoms with Crippen LogP contribution < -0.4 is 19.7 Å². The van der Waals surface area contributed by atoms with Crippen LogP contribution in [0.1, 0.15) is 53.6 Å². The van der Waals surface area contributed by atoms with Crippen LogP contribution in [0.4, 0.5) is 30.5 Å². The Balaban J connectivity index is 1.57. The lowest BCUT2D eigenvalue weighted by Gasteiger charge is -2.21.